The number of piperazine rings is 1. The van der Waals surface area contributed by atoms with Gasteiger partial charge in [-0.3, -0.25) is 14.5 Å². The molecule has 0 bridgehead atoms. The number of nitrogens with one attached hydrogen (secondary N) is 2. The first-order valence-electron chi connectivity index (χ1n) is 9.34. The summed E-state index contributed by atoms with van der Waals surface area (Å²) in [6.07, 6.45) is 4.45. The monoisotopic (exact) mass is 375 g/mol. The van der Waals surface area contributed by atoms with Crippen molar-refractivity contribution in [2.24, 2.45) is 0 Å². The molecule has 0 spiro atoms. The summed E-state index contributed by atoms with van der Waals surface area (Å²) in [5.41, 5.74) is 1.24. The van der Waals surface area contributed by atoms with Crippen molar-refractivity contribution in [1.82, 2.24) is 25.1 Å². The number of nitrogens with zero attached hydrogens (tertiary/aromatic N) is 3. The van der Waals surface area contributed by atoms with Crippen LogP contribution in [0, 0.1) is 0 Å². The third kappa shape index (κ3) is 3.41. The standard InChI is InChI=1S/C18H25N5O2S/c1-19-10-15(24)23-8-6-22(7-9-23)11-14-20-17(25)16-12-4-2-3-5-13(12)26-18(16)21-14/h19H,2-11H2,1H3,(H,20,21,25). The van der Waals surface area contributed by atoms with E-state index in [0.717, 1.165) is 61.5 Å². The maximum atomic E-state index is 12.6. The number of thiophene rings is 1. The number of aromatic amines is 1. The van der Waals surface area contributed by atoms with Crippen LogP contribution in [-0.4, -0.2) is 65.4 Å². The SMILES string of the molecule is CNCC(=O)N1CCN(Cc2nc3sc4c(c3c(=O)[nH]2)CCCC4)CC1. The fourth-order valence-corrected chi connectivity index (χ4v) is 5.19. The Morgan fingerprint density at radius 2 is 2.00 bits per heavy atom. The van der Waals surface area contributed by atoms with E-state index in [1.54, 1.807) is 18.4 Å². The molecule has 8 heteroatoms. The molecule has 2 aromatic rings. The lowest BCUT2D eigenvalue weighted by molar-refractivity contribution is -0.131. The molecule has 1 aliphatic heterocycles. The minimum Gasteiger partial charge on any atom is -0.339 e. The topological polar surface area (TPSA) is 81.3 Å². The average Bonchev–Trinajstić information content (AvgIpc) is 3.01. The van der Waals surface area contributed by atoms with Gasteiger partial charge < -0.3 is 15.2 Å². The third-order valence-electron chi connectivity index (χ3n) is 5.30. The van der Waals surface area contributed by atoms with E-state index in [2.05, 4.69) is 15.2 Å². The summed E-state index contributed by atoms with van der Waals surface area (Å²) in [6, 6.07) is 0. The first-order chi connectivity index (χ1) is 12.7. The van der Waals surface area contributed by atoms with Gasteiger partial charge in [-0.2, -0.15) is 0 Å². The molecule has 26 heavy (non-hydrogen) atoms. The summed E-state index contributed by atoms with van der Waals surface area (Å²) in [4.78, 5) is 38.7. The average molecular weight is 375 g/mol. The molecule has 140 valence electrons. The zero-order valence-electron chi connectivity index (χ0n) is 15.1. The second-order valence-electron chi connectivity index (χ2n) is 7.09. The van der Waals surface area contributed by atoms with E-state index < -0.39 is 0 Å². The number of amides is 1. The summed E-state index contributed by atoms with van der Waals surface area (Å²) in [5, 5.41) is 3.72. The first kappa shape index (κ1) is 17.6. The van der Waals surface area contributed by atoms with Gasteiger partial charge in [-0.05, 0) is 38.3 Å². The van der Waals surface area contributed by atoms with E-state index in [1.807, 2.05) is 4.90 Å². The van der Waals surface area contributed by atoms with Crippen LogP contribution in [0.15, 0.2) is 4.79 Å². The minimum atomic E-state index is 0.00670. The third-order valence-corrected chi connectivity index (χ3v) is 6.49. The van der Waals surface area contributed by atoms with Crippen LogP contribution in [0.2, 0.25) is 0 Å². The van der Waals surface area contributed by atoms with Gasteiger partial charge in [0.25, 0.3) is 5.56 Å². The molecule has 3 heterocycles. The lowest BCUT2D eigenvalue weighted by Gasteiger charge is -2.34. The second kappa shape index (κ2) is 7.46. The molecule has 0 atom stereocenters. The Balaban J connectivity index is 1.47. The molecule has 2 N–H and O–H groups in total. The van der Waals surface area contributed by atoms with Gasteiger partial charge >= 0.3 is 0 Å². The van der Waals surface area contributed by atoms with E-state index in [-0.39, 0.29) is 11.5 Å². The minimum absolute atomic E-state index is 0.00670. The largest absolute Gasteiger partial charge is 0.339 e. The van der Waals surface area contributed by atoms with Crippen molar-refractivity contribution in [3.63, 3.8) is 0 Å². The maximum Gasteiger partial charge on any atom is 0.259 e. The number of carbonyl (C=O) groups excluding carboxylic acids is 1. The molecule has 2 aromatic heterocycles. The Morgan fingerprint density at radius 3 is 2.77 bits per heavy atom. The van der Waals surface area contributed by atoms with E-state index in [4.69, 9.17) is 4.98 Å². The van der Waals surface area contributed by atoms with Crippen LogP contribution < -0.4 is 10.9 Å². The molecule has 1 fully saturated rings. The van der Waals surface area contributed by atoms with Crippen molar-refractivity contribution >= 4 is 27.5 Å². The number of likely N-dealkylation sites (N-methyl/N-ethyl adjacent to an activating group) is 1. The number of hydrogen-bond acceptors (Lipinski definition) is 6. The van der Waals surface area contributed by atoms with E-state index >= 15 is 0 Å². The molecular formula is C18H25N5O2S. The molecule has 1 aliphatic carbocycles. The lowest BCUT2D eigenvalue weighted by Crippen LogP contribution is -2.50. The van der Waals surface area contributed by atoms with Crippen LogP contribution in [0.4, 0.5) is 0 Å². The summed E-state index contributed by atoms with van der Waals surface area (Å²) < 4.78 is 0. The maximum absolute atomic E-state index is 12.6. The first-order valence-corrected chi connectivity index (χ1v) is 10.2. The molecule has 4 rings (SSSR count). The molecule has 1 amide bonds. The molecular weight excluding hydrogens is 350 g/mol. The van der Waals surface area contributed by atoms with Crippen LogP contribution >= 0.6 is 11.3 Å². The van der Waals surface area contributed by atoms with Crippen molar-refractivity contribution in [3.05, 3.63) is 26.6 Å². The van der Waals surface area contributed by atoms with Crippen molar-refractivity contribution < 1.29 is 4.79 Å². The van der Waals surface area contributed by atoms with Crippen molar-refractivity contribution in [1.29, 1.82) is 0 Å². The zero-order valence-corrected chi connectivity index (χ0v) is 16.0. The Hall–Kier alpha value is -1.77. The van der Waals surface area contributed by atoms with Gasteiger partial charge in [-0.15, -0.1) is 11.3 Å². The quantitative estimate of drug-likeness (QED) is 0.823. The normalized spacial score (nSPS) is 18.3. The molecule has 1 saturated heterocycles. The van der Waals surface area contributed by atoms with Crippen LogP contribution in [0.1, 0.15) is 29.1 Å². The fraction of sp³-hybridized carbons (Fsp3) is 0.611. The number of H-pyrrole nitrogens is 1. The van der Waals surface area contributed by atoms with Gasteiger partial charge in [0.05, 0.1) is 18.5 Å². The van der Waals surface area contributed by atoms with Gasteiger partial charge in [-0.25, -0.2) is 4.98 Å². The highest BCUT2D eigenvalue weighted by atomic mass is 32.1. The van der Waals surface area contributed by atoms with Gasteiger partial charge in [0, 0.05) is 31.1 Å². The highest BCUT2D eigenvalue weighted by Gasteiger charge is 2.23. The van der Waals surface area contributed by atoms with Crippen molar-refractivity contribution in [2.75, 3.05) is 39.8 Å². The van der Waals surface area contributed by atoms with E-state index in [1.165, 1.54) is 16.9 Å². The van der Waals surface area contributed by atoms with Crippen LogP contribution in [0.25, 0.3) is 10.2 Å². The summed E-state index contributed by atoms with van der Waals surface area (Å²) in [5.74, 6) is 0.875. The predicted molar refractivity (Wildman–Crippen MR) is 103 cm³/mol. The van der Waals surface area contributed by atoms with Crippen LogP contribution in [-0.2, 0) is 24.2 Å². The van der Waals surface area contributed by atoms with E-state index in [9.17, 15) is 9.59 Å². The second-order valence-corrected chi connectivity index (χ2v) is 8.17. The number of aryl methyl sites for hydroxylation is 2. The number of rotatable bonds is 4. The molecule has 0 saturated carbocycles. The summed E-state index contributed by atoms with van der Waals surface area (Å²) in [6.45, 7) is 4.06. The van der Waals surface area contributed by atoms with Gasteiger partial charge in [0.1, 0.15) is 10.7 Å². The number of carbonyl (C=O) groups is 1. The molecule has 0 unspecified atom stereocenters. The van der Waals surface area contributed by atoms with E-state index in [0.29, 0.717) is 13.1 Å². The Kier molecular flexibility index (Phi) is 5.06. The lowest BCUT2D eigenvalue weighted by atomic mass is 9.97. The molecule has 0 radical (unpaired) electrons. The van der Waals surface area contributed by atoms with Gasteiger partial charge in [0.2, 0.25) is 5.91 Å². The summed E-state index contributed by atoms with van der Waals surface area (Å²) >= 11 is 1.69. The van der Waals surface area contributed by atoms with Crippen LogP contribution in [0.3, 0.4) is 0 Å². The zero-order chi connectivity index (χ0) is 18.1. The smallest absolute Gasteiger partial charge is 0.259 e. The van der Waals surface area contributed by atoms with Crippen LogP contribution in [0.5, 0.6) is 0 Å². The summed E-state index contributed by atoms with van der Waals surface area (Å²) in [7, 11) is 1.79. The van der Waals surface area contributed by atoms with Crippen molar-refractivity contribution in [2.45, 2.75) is 32.2 Å². The fourth-order valence-electron chi connectivity index (χ4n) is 3.91. The molecule has 2 aliphatic rings. The van der Waals surface area contributed by atoms with Gasteiger partial charge in [-0.1, -0.05) is 0 Å². The molecule has 0 aromatic carbocycles. The Bertz CT molecular complexity index is 866. The Morgan fingerprint density at radius 1 is 1.23 bits per heavy atom. The number of hydrogen-bond donors (Lipinski definition) is 2. The number of aromatic nitrogens is 2. The van der Waals surface area contributed by atoms with Crippen molar-refractivity contribution in [3.8, 4) is 0 Å². The van der Waals surface area contributed by atoms with Gasteiger partial charge in [0.15, 0.2) is 0 Å². The highest BCUT2D eigenvalue weighted by Crippen LogP contribution is 2.33. The number of fused-ring (bicyclic) bond motifs is 3. The molecule has 7 nitrogen and oxygen atoms in total. The highest BCUT2D eigenvalue weighted by molar-refractivity contribution is 7.18. The Labute approximate surface area is 156 Å². The predicted octanol–water partition coefficient (Wildman–Crippen LogP) is 0.727.